The normalized spacial score (nSPS) is 18.4. The molecule has 3 heterocycles. The van der Waals surface area contributed by atoms with Crippen LogP contribution in [0.3, 0.4) is 0 Å². The molecular weight excluding hydrogens is 711 g/mol. The van der Waals surface area contributed by atoms with Crippen molar-refractivity contribution >= 4 is 27.5 Å². The molecule has 3 fully saturated rings. The van der Waals surface area contributed by atoms with Gasteiger partial charge in [0, 0.05) is 56.5 Å². The SMILES string of the molecule is Cc1ncnc(C)c1C(=O)N1CCC(C)(N2CCC(N(Cc3ccccc3)c3ccc(CNC(=O)C(NS(=O)(=O)C4CC4)c4ccccc4)cc3)CC2)CC1. The van der Waals surface area contributed by atoms with E-state index in [0.29, 0.717) is 30.0 Å². The maximum atomic E-state index is 13.5. The summed E-state index contributed by atoms with van der Waals surface area (Å²) in [5.41, 5.74) is 6.06. The summed E-state index contributed by atoms with van der Waals surface area (Å²) in [6.45, 7) is 10.6. The van der Waals surface area contributed by atoms with Crippen LogP contribution in [0.15, 0.2) is 91.3 Å². The molecule has 11 nitrogen and oxygen atoms in total. The Morgan fingerprint density at radius 2 is 1.42 bits per heavy atom. The van der Waals surface area contributed by atoms with Crippen molar-refractivity contribution in [1.82, 2.24) is 29.8 Å². The number of carbonyl (C=O) groups is 2. The Hall–Kier alpha value is -4.65. The highest BCUT2D eigenvalue weighted by Crippen LogP contribution is 2.35. The van der Waals surface area contributed by atoms with Gasteiger partial charge in [0.05, 0.1) is 22.2 Å². The van der Waals surface area contributed by atoms with Gasteiger partial charge in [0.1, 0.15) is 12.4 Å². The van der Waals surface area contributed by atoms with E-state index >= 15 is 0 Å². The number of benzene rings is 3. The molecule has 2 aliphatic heterocycles. The van der Waals surface area contributed by atoms with E-state index in [0.717, 1.165) is 81.0 Å². The molecule has 1 aliphatic carbocycles. The second-order valence-corrected chi connectivity index (χ2v) is 17.6. The highest BCUT2D eigenvalue weighted by molar-refractivity contribution is 7.90. The highest BCUT2D eigenvalue weighted by Gasteiger charge is 2.41. The monoisotopic (exact) mass is 763 g/mol. The van der Waals surface area contributed by atoms with Crippen molar-refractivity contribution in [2.45, 2.75) is 95.3 Å². The summed E-state index contributed by atoms with van der Waals surface area (Å²) >= 11 is 0. The smallest absolute Gasteiger partial charge is 0.257 e. The second-order valence-electron chi connectivity index (χ2n) is 15.6. The van der Waals surface area contributed by atoms with Gasteiger partial charge in [-0.1, -0.05) is 72.8 Å². The first-order chi connectivity index (χ1) is 26.5. The number of likely N-dealkylation sites (tertiary alicyclic amines) is 2. The number of amides is 2. The molecule has 7 rings (SSSR count). The molecule has 1 aromatic heterocycles. The fourth-order valence-corrected chi connectivity index (χ4v) is 9.67. The number of carbonyl (C=O) groups excluding carboxylic acids is 2. The molecule has 2 saturated heterocycles. The lowest BCUT2D eigenvalue weighted by molar-refractivity contribution is -0.123. The molecule has 1 atom stereocenters. The molecule has 12 heteroatoms. The molecule has 290 valence electrons. The first-order valence-corrected chi connectivity index (χ1v) is 21.1. The first kappa shape index (κ1) is 38.6. The fraction of sp³-hybridized carbons (Fsp3) is 0.442. The maximum absolute atomic E-state index is 13.5. The zero-order valence-corrected chi connectivity index (χ0v) is 33.0. The van der Waals surface area contributed by atoms with Gasteiger partial charge in [-0.3, -0.25) is 14.5 Å². The second kappa shape index (κ2) is 16.6. The van der Waals surface area contributed by atoms with Gasteiger partial charge in [-0.05, 0) is 88.1 Å². The average molecular weight is 764 g/mol. The van der Waals surface area contributed by atoms with Crippen molar-refractivity contribution in [3.05, 3.63) is 125 Å². The minimum Gasteiger partial charge on any atom is -0.364 e. The Morgan fingerprint density at radius 3 is 2.02 bits per heavy atom. The Kier molecular flexibility index (Phi) is 11.7. The molecule has 4 aromatic rings. The van der Waals surface area contributed by atoms with E-state index in [9.17, 15) is 18.0 Å². The average Bonchev–Trinajstić information content (AvgIpc) is 4.07. The largest absolute Gasteiger partial charge is 0.364 e. The quantitative estimate of drug-likeness (QED) is 0.178. The van der Waals surface area contributed by atoms with Gasteiger partial charge in [-0.2, -0.15) is 4.72 Å². The predicted octanol–water partition coefficient (Wildman–Crippen LogP) is 5.70. The zero-order valence-electron chi connectivity index (χ0n) is 32.2. The summed E-state index contributed by atoms with van der Waals surface area (Å²) in [5.74, 6) is -0.340. The fourth-order valence-electron chi connectivity index (χ4n) is 8.15. The van der Waals surface area contributed by atoms with Crippen LogP contribution in [0.1, 0.15) is 89.9 Å². The number of sulfonamides is 1. The Labute approximate surface area is 325 Å². The summed E-state index contributed by atoms with van der Waals surface area (Å²) < 4.78 is 28.3. The van der Waals surface area contributed by atoms with E-state index in [2.05, 4.69) is 85.3 Å². The third kappa shape index (κ3) is 9.09. The number of nitrogens with one attached hydrogen (secondary N) is 2. The van der Waals surface area contributed by atoms with Gasteiger partial charge in [0.15, 0.2) is 0 Å². The third-order valence-corrected chi connectivity index (χ3v) is 13.7. The van der Waals surface area contributed by atoms with Crippen LogP contribution in [0.4, 0.5) is 5.69 Å². The van der Waals surface area contributed by atoms with Gasteiger partial charge < -0.3 is 15.1 Å². The number of rotatable bonds is 13. The molecule has 3 aliphatic rings. The number of aryl methyl sites for hydroxylation is 2. The van der Waals surface area contributed by atoms with E-state index in [1.807, 2.05) is 43.0 Å². The lowest BCUT2D eigenvalue weighted by Gasteiger charge is -2.50. The topological polar surface area (TPSA) is 128 Å². The van der Waals surface area contributed by atoms with Crippen LogP contribution < -0.4 is 14.9 Å². The lowest BCUT2D eigenvalue weighted by atomic mass is 9.85. The Bertz CT molecular complexity index is 2020. The third-order valence-electron chi connectivity index (χ3n) is 11.8. The highest BCUT2D eigenvalue weighted by atomic mass is 32.2. The summed E-state index contributed by atoms with van der Waals surface area (Å²) in [6, 6.07) is 27.3. The molecule has 1 unspecified atom stereocenters. The molecule has 0 spiro atoms. The van der Waals surface area contributed by atoms with E-state index in [-0.39, 0.29) is 23.9 Å². The number of hydrogen-bond donors (Lipinski definition) is 2. The first-order valence-electron chi connectivity index (χ1n) is 19.6. The van der Waals surface area contributed by atoms with E-state index < -0.39 is 21.3 Å². The predicted molar refractivity (Wildman–Crippen MR) is 215 cm³/mol. The molecule has 0 radical (unpaired) electrons. The summed E-state index contributed by atoms with van der Waals surface area (Å²) in [4.78, 5) is 42.6. The van der Waals surface area contributed by atoms with Crippen molar-refractivity contribution in [3.63, 3.8) is 0 Å². The lowest BCUT2D eigenvalue weighted by Crippen LogP contribution is -2.58. The molecule has 3 aromatic carbocycles. The van der Waals surface area contributed by atoms with Crippen LogP contribution in [0, 0.1) is 13.8 Å². The summed E-state index contributed by atoms with van der Waals surface area (Å²) in [6.07, 6.45) is 6.68. The van der Waals surface area contributed by atoms with Crippen LogP contribution in [0.5, 0.6) is 0 Å². The number of aromatic nitrogens is 2. The van der Waals surface area contributed by atoms with Gasteiger partial charge >= 0.3 is 0 Å². The molecule has 2 amide bonds. The van der Waals surface area contributed by atoms with E-state index in [4.69, 9.17) is 0 Å². The van der Waals surface area contributed by atoms with Gasteiger partial charge in [0.25, 0.3) is 5.91 Å². The molecule has 1 saturated carbocycles. The minimum absolute atomic E-state index is 0.0342. The summed E-state index contributed by atoms with van der Waals surface area (Å²) in [7, 11) is -3.58. The van der Waals surface area contributed by atoms with Crippen molar-refractivity contribution < 1.29 is 18.0 Å². The van der Waals surface area contributed by atoms with Crippen LogP contribution >= 0.6 is 0 Å². The standard InChI is InChI=1S/C43H53N7O4S/c1-31-39(32(2)46-30-45-31)42(52)48-26-22-43(3,23-27-48)49-24-20-37(21-25-49)50(29-34-10-6-4-7-11-34)36-16-14-33(15-17-36)28-44-41(51)40(35-12-8-5-9-13-35)47-55(53,54)38-18-19-38/h4-17,30,37-38,40,47H,18-29H2,1-3H3,(H,44,51). The van der Waals surface area contributed by atoms with Gasteiger partial charge in [-0.25, -0.2) is 18.4 Å². The number of hydrogen-bond acceptors (Lipinski definition) is 8. The van der Waals surface area contributed by atoms with Crippen LogP contribution in [0.2, 0.25) is 0 Å². The number of anilines is 1. The minimum atomic E-state index is -3.58. The molecule has 0 bridgehead atoms. The Morgan fingerprint density at radius 1 is 0.818 bits per heavy atom. The number of nitrogens with zero attached hydrogens (tertiary/aromatic N) is 5. The summed E-state index contributed by atoms with van der Waals surface area (Å²) in [5, 5.41) is 2.56. The van der Waals surface area contributed by atoms with Crippen molar-refractivity contribution in [3.8, 4) is 0 Å². The van der Waals surface area contributed by atoms with Crippen LogP contribution in [-0.2, 0) is 27.9 Å². The van der Waals surface area contributed by atoms with Crippen molar-refractivity contribution in [1.29, 1.82) is 0 Å². The van der Waals surface area contributed by atoms with Gasteiger partial charge in [0.2, 0.25) is 15.9 Å². The van der Waals surface area contributed by atoms with E-state index in [1.54, 1.807) is 12.1 Å². The maximum Gasteiger partial charge on any atom is 0.257 e. The van der Waals surface area contributed by atoms with Gasteiger partial charge in [-0.15, -0.1) is 0 Å². The number of piperidine rings is 2. The zero-order chi connectivity index (χ0) is 38.6. The van der Waals surface area contributed by atoms with Crippen molar-refractivity contribution in [2.24, 2.45) is 0 Å². The van der Waals surface area contributed by atoms with Crippen LogP contribution in [0.25, 0.3) is 0 Å². The molecular formula is C43H53N7O4S. The van der Waals surface area contributed by atoms with E-state index in [1.165, 1.54) is 11.9 Å². The van der Waals surface area contributed by atoms with Crippen LogP contribution in [-0.4, -0.2) is 83.0 Å². The Balaban J connectivity index is 0.984. The molecule has 2 N–H and O–H groups in total. The van der Waals surface area contributed by atoms with Crippen molar-refractivity contribution in [2.75, 3.05) is 31.1 Å². The molecule has 55 heavy (non-hydrogen) atoms.